The van der Waals surface area contributed by atoms with Gasteiger partial charge in [0.2, 0.25) is 0 Å². The Morgan fingerprint density at radius 1 is 1.43 bits per heavy atom. The summed E-state index contributed by atoms with van der Waals surface area (Å²) in [4.78, 5) is 0. The van der Waals surface area contributed by atoms with Gasteiger partial charge in [0.25, 0.3) is 0 Å². The Balaban J connectivity index is 2.60. The van der Waals surface area contributed by atoms with E-state index in [4.69, 9.17) is 11.6 Å². The van der Waals surface area contributed by atoms with Crippen LogP contribution in [0.4, 0.5) is 0 Å². The van der Waals surface area contributed by atoms with E-state index < -0.39 is 0 Å². The fourth-order valence-corrected chi connectivity index (χ4v) is 1.56. The molecule has 1 aromatic rings. The number of aryl methyl sites for hydroxylation is 1. The second kappa shape index (κ2) is 5.84. The number of benzene rings is 1. The highest BCUT2D eigenvalue weighted by Crippen LogP contribution is 2.16. The van der Waals surface area contributed by atoms with Crippen LogP contribution in [0.25, 0.3) is 0 Å². The smallest absolute Gasteiger partial charge is 0.0297 e. The molecule has 76 valence electrons. The Bertz CT molecular complexity index is 307. The SMILES string of the molecule is Cc1ccccc1[C@H](C)NC/C=C/Cl. The summed E-state index contributed by atoms with van der Waals surface area (Å²) in [6.07, 6.45) is 1.90. The van der Waals surface area contributed by atoms with Gasteiger partial charge in [0.05, 0.1) is 0 Å². The Morgan fingerprint density at radius 3 is 2.79 bits per heavy atom. The largest absolute Gasteiger partial charge is 0.307 e. The van der Waals surface area contributed by atoms with Crippen molar-refractivity contribution in [1.29, 1.82) is 0 Å². The highest BCUT2D eigenvalue weighted by molar-refractivity contribution is 6.25. The lowest BCUT2D eigenvalue weighted by Gasteiger charge is -2.15. The van der Waals surface area contributed by atoms with Crippen LogP contribution in [0.5, 0.6) is 0 Å². The summed E-state index contributed by atoms with van der Waals surface area (Å²) in [6, 6.07) is 8.77. The minimum absolute atomic E-state index is 0.365. The summed E-state index contributed by atoms with van der Waals surface area (Å²) in [7, 11) is 0. The molecule has 0 bridgehead atoms. The number of hydrogen-bond acceptors (Lipinski definition) is 1. The van der Waals surface area contributed by atoms with Gasteiger partial charge >= 0.3 is 0 Å². The normalized spacial score (nSPS) is 13.4. The number of rotatable bonds is 4. The van der Waals surface area contributed by atoms with Crippen LogP contribution in [0.15, 0.2) is 35.9 Å². The third-order valence-corrected chi connectivity index (χ3v) is 2.46. The molecule has 0 unspecified atom stereocenters. The minimum Gasteiger partial charge on any atom is -0.307 e. The Morgan fingerprint density at radius 2 is 2.14 bits per heavy atom. The molecule has 0 radical (unpaired) electrons. The van der Waals surface area contributed by atoms with Crippen LogP contribution in [0.3, 0.4) is 0 Å². The molecular formula is C12H16ClN. The van der Waals surface area contributed by atoms with Crippen molar-refractivity contribution < 1.29 is 0 Å². The maximum absolute atomic E-state index is 5.44. The first-order valence-electron chi connectivity index (χ1n) is 4.80. The zero-order chi connectivity index (χ0) is 10.4. The van der Waals surface area contributed by atoms with Crippen molar-refractivity contribution in [2.24, 2.45) is 0 Å². The van der Waals surface area contributed by atoms with Gasteiger partial charge in [-0.15, -0.1) is 0 Å². The lowest BCUT2D eigenvalue weighted by molar-refractivity contribution is 0.614. The molecule has 0 aliphatic heterocycles. The molecule has 0 aliphatic rings. The monoisotopic (exact) mass is 209 g/mol. The van der Waals surface area contributed by atoms with Crippen LogP contribution in [0, 0.1) is 6.92 Å². The average molecular weight is 210 g/mol. The third-order valence-electron chi connectivity index (χ3n) is 2.29. The van der Waals surface area contributed by atoms with Gasteiger partial charge in [-0.2, -0.15) is 0 Å². The second-order valence-electron chi connectivity index (χ2n) is 3.35. The molecule has 0 aromatic heterocycles. The fourth-order valence-electron chi connectivity index (χ4n) is 1.47. The quantitative estimate of drug-likeness (QED) is 0.802. The van der Waals surface area contributed by atoms with Gasteiger partial charge in [-0.3, -0.25) is 0 Å². The molecular weight excluding hydrogens is 194 g/mol. The van der Waals surface area contributed by atoms with Crippen molar-refractivity contribution in [1.82, 2.24) is 5.32 Å². The number of hydrogen-bond donors (Lipinski definition) is 1. The summed E-state index contributed by atoms with van der Waals surface area (Å²) in [5, 5.41) is 3.37. The summed E-state index contributed by atoms with van der Waals surface area (Å²) in [5.74, 6) is 0. The standard InChI is InChI=1S/C12H16ClN/c1-10-6-3-4-7-12(10)11(2)14-9-5-8-13/h3-8,11,14H,9H2,1-2H3/b8-5+/t11-/m0/s1. The van der Waals surface area contributed by atoms with Gasteiger partial charge in [-0.05, 0) is 25.0 Å². The predicted octanol–water partition coefficient (Wildman–Crippen LogP) is 3.40. The number of nitrogens with one attached hydrogen (secondary N) is 1. The van der Waals surface area contributed by atoms with Crippen molar-refractivity contribution >= 4 is 11.6 Å². The molecule has 1 aromatic carbocycles. The van der Waals surface area contributed by atoms with Gasteiger partial charge in [0.15, 0.2) is 0 Å². The van der Waals surface area contributed by atoms with Crippen LogP contribution in [0.1, 0.15) is 24.1 Å². The van der Waals surface area contributed by atoms with E-state index in [1.54, 1.807) is 0 Å². The zero-order valence-electron chi connectivity index (χ0n) is 8.63. The first-order valence-corrected chi connectivity index (χ1v) is 5.23. The zero-order valence-corrected chi connectivity index (χ0v) is 9.38. The lowest BCUT2D eigenvalue weighted by Crippen LogP contribution is -2.19. The molecule has 0 heterocycles. The van der Waals surface area contributed by atoms with Gasteiger partial charge in [-0.25, -0.2) is 0 Å². The summed E-state index contributed by atoms with van der Waals surface area (Å²) < 4.78 is 0. The van der Waals surface area contributed by atoms with E-state index in [0.717, 1.165) is 6.54 Å². The molecule has 0 saturated heterocycles. The average Bonchev–Trinajstić information content (AvgIpc) is 2.18. The van der Waals surface area contributed by atoms with E-state index >= 15 is 0 Å². The topological polar surface area (TPSA) is 12.0 Å². The van der Waals surface area contributed by atoms with Gasteiger partial charge in [-0.1, -0.05) is 41.9 Å². The molecule has 1 nitrogen and oxygen atoms in total. The maximum atomic E-state index is 5.44. The van der Waals surface area contributed by atoms with E-state index in [2.05, 4.69) is 43.4 Å². The van der Waals surface area contributed by atoms with Crippen molar-refractivity contribution in [2.45, 2.75) is 19.9 Å². The molecule has 14 heavy (non-hydrogen) atoms. The molecule has 0 aliphatic carbocycles. The van der Waals surface area contributed by atoms with Crippen molar-refractivity contribution in [3.63, 3.8) is 0 Å². The molecule has 1 N–H and O–H groups in total. The molecule has 0 amide bonds. The van der Waals surface area contributed by atoms with Crippen molar-refractivity contribution in [2.75, 3.05) is 6.54 Å². The molecule has 2 heteroatoms. The van der Waals surface area contributed by atoms with E-state index in [0.29, 0.717) is 6.04 Å². The molecule has 0 fully saturated rings. The molecule has 0 spiro atoms. The van der Waals surface area contributed by atoms with Crippen LogP contribution >= 0.6 is 11.6 Å². The van der Waals surface area contributed by atoms with Gasteiger partial charge in [0, 0.05) is 18.1 Å². The highest BCUT2D eigenvalue weighted by atomic mass is 35.5. The Kier molecular flexibility index (Phi) is 4.71. The Labute approximate surface area is 90.8 Å². The second-order valence-corrected chi connectivity index (χ2v) is 3.60. The molecule has 1 rings (SSSR count). The van der Waals surface area contributed by atoms with Crippen molar-refractivity contribution in [3.05, 3.63) is 47.0 Å². The van der Waals surface area contributed by atoms with E-state index in [-0.39, 0.29) is 0 Å². The van der Waals surface area contributed by atoms with Crippen LogP contribution in [0.2, 0.25) is 0 Å². The van der Waals surface area contributed by atoms with Crippen LogP contribution in [-0.2, 0) is 0 Å². The minimum atomic E-state index is 0.365. The Hall–Kier alpha value is -0.790. The maximum Gasteiger partial charge on any atom is 0.0297 e. The van der Waals surface area contributed by atoms with Gasteiger partial charge < -0.3 is 5.32 Å². The van der Waals surface area contributed by atoms with Crippen LogP contribution in [-0.4, -0.2) is 6.54 Å². The number of halogens is 1. The van der Waals surface area contributed by atoms with Crippen LogP contribution < -0.4 is 5.32 Å². The van der Waals surface area contributed by atoms with E-state index in [1.165, 1.54) is 16.7 Å². The lowest BCUT2D eigenvalue weighted by atomic mass is 10.0. The first kappa shape index (κ1) is 11.3. The summed E-state index contributed by atoms with van der Waals surface area (Å²) in [5.41, 5.74) is 4.20. The fraction of sp³-hybridized carbons (Fsp3) is 0.333. The summed E-state index contributed by atoms with van der Waals surface area (Å²) >= 11 is 5.44. The first-order chi connectivity index (χ1) is 6.75. The highest BCUT2D eigenvalue weighted by Gasteiger charge is 2.04. The van der Waals surface area contributed by atoms with Crippen molar-refractivity contribution in [3.8, 4) is 0 Å². The predicted molar refractivity (Wildman–Crippen MR) is 62.6 cm³/mol. The third kappa shape index (κ3) is 3.17. The molecule has 1 atom stereocenters. The summed E-state index contributed by atoms with van der Waals surface area (Å²) in [6.45, 7) is 5.09. The van der Waals surface area contributed by atoms with E-state index in [1.807, 2.05) is 6.08 Å². The molecule has 0 saturated carbocycles. The van der Waals surface area contributed by atoms with Gasteiger partial charge in [0.1, 0.15) is 0 Å². The van der Waals surface area contributed by atoms with E-state index in [9.17, 15) is 0 Å².